The molecule has 1 aromatic heterocycles. The van der Waals surface area contributed by atoms with Crippen LogP contribution in [0.25, 0.3) is 0 Å². The summed E-state index contributed by atoms with van der Waals surface area (Å²) in [6.45, 7) is 0. The van der Waals surface area contributed by atoms with Crippen molar-refractivity contribution in [3.63, 3.8) is 0 Å². The zero-order valence-electron chi connectivity index (χ0n) is 15.1. The molecule has 0 bridgehead atoms. The highest BCUT2D eigenvalue weighted by Gasteiger charge is 2.38. The summed E-state index contributed by atoms with van der Waals surface area (Å²) in [5, 5.41) is 0. The standard InChI is InChI=1S/C17H12F5N3O4/c1-24-14-7(15(26)25(2)17(24)28)5(16(27)29-3)4-6(23-14)8-9(18)11(20)13(22)12(21)10(8)19/h5H,4H2,1-3H3. The van der Waals surface area contributed by atoms with Crippen LogP contribution in [0, 0.1) is 29.1 Å². The Morgan fingerprint density at radius 2 is 1.48 bits per heavy atom. The van der Waals surface area contributed by atoms with Crippen LogP contribution in [0.15, 0.2) is 14.6 Å². The van der Waals surface area contributed by atoms with E-state index in [9.17, 15) is 36.3 Å². The van der Waals surface area contributed by atoms with Gasteiger partial charge in [0.25, 0.3) is 5.56 Å². The van der Waals surface area contributed by atoms with Gasteiger partial charge in [-0.3, -0.25) is 18.7 Å². The van der Waals surface area contributed by atoms with E-state index in [0.717, 1.165) is 18.7 Å². The highest BCUT2D eigenvalue weighted by atomic mass is 19.2. The van der Waals surface area contributed by atoms with Crippen molar-refractivity contribution in [2.24, 2.45) is 19.1 Å². The first-order chi connectivity index (χ1) is 13.5. The molecule has 0 spiro atoms. The van der Waals surface area contributed by atoms with Crippen molar-refractivity contribution >= 4 is 17.5 Å². The molecule has 0 saturated carbocycles. The van der Waals surface area contributed by atoms with Gasteiger partial charge in [0.2, 0.25) is 5.82 Å². The topological polar surface area (TPSA) is 82.7 Å². The van der Waals surface area contributed by atoms with Crippen LogP contribution >= 0.6 is 0 Å². The van der Waals surface area contributed by atoms with E-state index in [0.29, 0.717) is 4.57 Å². The van der Waals surface area contributed by atoms with Crippen molar-refractivity contribution in [1.82, 2.24) is 9.13 Å². The van der Waals surface area contributed by atoms with E-state index in [1.165, 1.54) is 7.05 Å². The molecule has 3 rings (SSSR count). The molecule has 1 aliphatic heterocycles. The number of nitrogens with zero attached hydrogens (tertiary/aromatic N) is 3. The lowest BCUT2D eigenvalue weighted by molar-refractivity contribution is -0.142. The number of benzene rings is 1. The first-order valence-electron chi connectivity index (χ1n) is 7.99. The fourth-order valence-corrected chi connectivity index (χ4v) is 3.13. The van der Waals surface area contributed by atoms with Crippen LogP contribution in [-0.2, 0) is 23.6 Å². The maximum absolute atomic E-state index is 14.2. The van der Waals surface area contributed by atoms with Gasteiger partial charge in [-0.2, -0.15) is 0 Å². The number of esters is 1. The van der Waals surface area contributed by atoms with Crippen molar-refractivity contribution in [2.75, 3.05) is 7.11 Å². The van der Waals surface area contributed by atoms with Gasteiger partial charge in [-0.25, -0.2) is 31.7 Å². The lowest BCUT2D eigenvalue weighted by atomic mass is 9.88. The number of hydrogen-bond donors (Lipinski definition) is 0. The summed E-state index contributed by atoms with van der Waals surface area (Å²) in [7, 11) is 3.29. The summed E-state index contributed by atoms with van der Waals surface area (Å²) < 4.78 is 75.2. The Morgan fingerprint density at radius 3 is 2.00 bits per heavy atom. The van der Waals surface area contributed by atoms with E-state index >= 15 is 0 Å². The number of hydrogen-bond acceptors (Lipinski definition) is 5. The van der Waals surface area contributed by atoms with Crippen LogP contribution in [-0.4, -0.2) is 27.9 Å². The summed E-state index contributed by atoms with van der Waals surface area (Å²) in [5.41, 5.74) is -4.13. The lowest BCUT2D eigenvalue weighted by Gasteiger charge is -2.24. The molecule has 1 unspecified atom stereocenters. The number of ether oxygens (including phenoxy) is 1. The van der Waals surface area contributed by atoms with Gasteiger partial charge < -0.3 is 4.74 Å². The Balaban J connectivity index is 2.42. The minimum absolute atomic E-state index is 0.297. The fourth-order valence-electron chi connectivity index (χ4n) is 3.13. The molecule has 2 heterocycles. The highest BCUT2D eigenvalue weighted by molar-refractivity contribution is 6.06. The third-order valence-corrected chi connectivity index (χ3v) is 4.64. The highest BCUT2D eigenvalue weighted by Crippen LogP contribution is 2.36. The van der Waals surface area contributed by atoms with E-state index < -0.39 is 75.7 Å². The quantitative estimate of drug-likeness (QED) is 0.322. The molecule has 154 valence electrons. The van der Waals surface area contributed by atoms with Crippen LogP contribution in [0.4, 0.5) is 27.8 Å². The number of methoxy groups -OCH3 is 1. The maximum atomic E-state index is 14.2. The first-order valence-corrected chi connectivity index (χ1v) is 7.99. The molecule has 1 atom stereocenters. The molecular formula is C17H12F5N3O4. The fraction of sp³-hybridized carbons (Fsp3) is 0.294. The summed E-state index contributed by atoms with van der Waals surface area (Å²) >= 11 is 0. The van der Waals surface area contributed by atoms with Gasteiger partial charge in [0.1, 0.15) is 5.82 Å². The third kappa shape index (κ3) is 2.86. The molecule has 0 saturated heterocycles. The van der Waals surface area contributed by atoms with Gasteiger partial charge >= 0.3 is 11.7 Å². The van der Waals surface area contributed by atoms with Crippen molar-refractivity contribution in [2.45, 2.75) is 12.3 Å². The van der Waals surface area contributed by atoms with E-state index in [-0.39, 0.29) is 5.56 Å². The Morgan fingerprint density at radius 1 is 0.966 bits per heavy atom. The molecule has 12 heteroatoms. The number of carbonyl (C=O) groups is 1. The molecule has 0 aliphatic carbocycles. The van der Waals surface area contributed by atoms with Crippen LogP contribution < -0.4 is 11.2 Å². The minimum Gasteiger partial charge on any atom is -0.469 e. The molecule has 0 amide bonds. The second-order valence-corrected chi connectivity index (χ2v) is 6.23. The van der Waals surface area contributed by atoms with Gasteiger partial charge in [0.15, 0.2) is 23.3 Å². The molecule has 0 N–H and O–H groups in total. The average molecular weight is 417 g/mol. The van der Waals surface area contributed by atoms with Gasteiger partial charge in [0.05, 0.1) is 29.9 Å². The van der Waals surface area contributed by atoms with Crippen LogP contribution in [0.2, 0.25) is 0 Å². The monoisotopic (exact) mass is 417 g/mol. The van der Waals surface area contributed by atoms with Gasteiger partial charge in [-0.05, 0) is 0 Å². The summed E-state index contributed by atoms with van der Waals surface area (Å²) in [6.07, 6.45) is -0.689. The Hall–Kier alpha value is -3.31. The molecular weight excluding hydrogens is 405 g/mol. The van der Waals surface area contributed by atoms with Gasteiger partial charge in [-0.15, -0.1) is 0 Å². The SMILES string of the molecule is COC(=O)C1CC(c2c(F)c(F)c(F)c(F)c2F)=Nc2c1c(=O)n(C)c(=O)n2C. The normalized spacial score (nSPS) is 15.7. The second kappa shape index (κ2) is 6.94. The maximum Gasteiger partial charge on any atom is 0.332 e. The molecule has 0 radical (unpaired) electrons. The number of halogens is 5. The molecule has 1 aliphatic rings. The molecule has 1 aromatic carbocycles. The van der Waals surface area contributed by atoms with Crippen molar-refractivity contribution in [1.29, 1.82) is 0 Å². The summed E-state index contributed by atoms with van der Waals surface area (Å²) in [5.74, 6) is -14.0. The number of fused-ring (bicyclic) bond motifs is 1. The number of aromatic nitrogens is 2. The van der Waals surface area contributed by atoms with Crippen LogP contribution in [0.1, 0.15) is 23.5 Å². The second-order valence-electron chi connectivity index (χ2n) is 6.23. The Kier molecular flexibility index (Phi) is 4.89. The summed E-state index contributed by atoms with van der Waals surface area (Å²) in [4.78, 5) is 40.7. The smallest absolute Gasteiger partial charge is 0.332 e. The largest absolute Gasteiger partial charge is 0.469 e. The van der Waals surface area contributed by atoms with Crippen LogP contribution in [0.3, 0.4) is 0 Å². The number of rotatable bonds is 2. The van der Waals surface area contributed by atoms with E-state index in [4.69, 9.17) is 0 Å². The van der Waals surface area contributed by atoms with Crippen molar-refractivity contribution in [3.05, 3.63) is 61.1 Å². The minimum atomic E-state index is -2.36. The predicted octanol–water partition coefficient (Wildman–Crippen LogP) is 1.56. The molecule has 29 heavy (non-hydrogen) atoms. The van der Waals surface area contributed by atoms with Crippen molar-refractivity contribution in [3.8, 4) is 0 Å². The molecule has 7 nitrogen and oxygen atoms in total. The first kappa shape index (κ1) is 20.4. The molecule has 0 fully saturated rings. The van der Waals surface area contributed by atoms with Gasteiger partial charge in [-0.1, -0.05) is 0 Å². The summed E-state index contributed by atoms with van der Waals surface area (Å²) in [6, 6.07) is 0. The van der Waals surface area contributed by atoms with E-state index in [1.54, 1.807) is 0 Å². The number of carbonyl (C=O) groups excluding carboxylic acids is 1. The van der Waals surface area contributed by atoms with Gasteiger partial charge in [0, 0.05) is 20.5 Å². The van der Waals surface area contributed by atoms with Crippen LogP contribution in [0.5, 0.6) is 0 Å². The molecule has 2 aromatic rings. The number of aliphatic imine (C=N–C) groups is 1. The van der Waals surface area contributed by atoms with E-state index in [2.05, 4.69) is 9.73 Å². The third-order valence-electron chi connectivity index (χ3n) is 4.64. The van der Waals surface area contributed by atoms with Crippen molar-refractivity contribution < 1.29 is 31.5 Å². The zero-order valence-corrected chi connectivity index (χ0v) is 15.1. The van der Waals surface area contributed by atoms with E-state index in [1.807, 2.05) is 0 Å². The average Bonchev–Trinajstić information content (AvgIpc) is 2.72. The lowest BCUT2D eigenvalue weighted by Crippen LogP contribution is -2.42. The predicted molar refractivity (Wildman–Crippen MR) is 88.7 cm³/mol. The Labute approximate surface area is 158 Å². The Bertz CT molecular complexity index is 1190. The zero-order chi connectivity index (χ0) is 21.8.